The van der Waals surface area contributed by atoms with Gasteiger partial charge in [-0.1, -0.05) is 25.8 Å². The Balaban J connectivity index is 1.73. The molecule has 5 nitrogen and oxygen atoms in total. The maximum atomic E-state index is 12.0. The van der Waals surface area contributed by atoms with Crippen LogP contribution >= 0.6 is 0 Å². The predicted molar refractivity (Wildman–Crippen MR) is 110 cm³/mol. The molecule has 1 aliphatic heterocycles. The first kappa shape index (κ1) is 21.3. The Bertz CT molecular complexity index is 593. The summed E-state index contributed by atoms with van der Waals surface area (Å²) in [4.78, 5) is 14.5. The average molecular weight is 375 g/mol. The molecule has 1 aromatic carbocycles. The van der Waals surface area contributed by atoms with Crippen LogP contribution in [-0.4, -0.2) is 50.7 Å². The summed E-state index contributed by atoms with van der Waals surface area (Å²) in [6.45, 7) is 6.91. The van der Waals surface area contributed by atoms with Gasteiger partial charge in [0.2, 0.25) is 5.91 Å². The van der Waals surface area contributed by atoms with Gasteiger partial charge < -0.3 is 19.7 Å². The highest BCUT2D eigenvalue weighted by molar-refractivity contribution is 5.91. The molecule has 0 aliphatic carbocycles. The Kier molecular flexibility index (Phi) is 9.77. The third-order valence-electron chi connectivity index (χ3n) is 4.73. The summed E-state index contributed by atoms with van der Waals surface area (Å²) < 4.78 is 11.0. The third-order valence-corrected chi connectivity index (χ3v) is 4.73. The summed E-state index contributed by atoms with van der Waals surface area (Å²) in [5, 5.41) is 2.97. The van der Waals surface area contributed by atoms with Gasteiger partial charge in [-0.05, 0) is 69.1 Å². The van der Waals surface area contributed by atoms with Gasteiger partial charge in [-0.3, -0.25) is 4.79 Å². The number of hydrogen-bond acceptors (Lipinski definition) is 4. The van der Waals surface area contributed by atoms with Gasteiger partial charge in [0, 0.05) is 12.6 Å². The van der Waals surface area contributed by atoms with E-state index >= 15 is 0 Å². The number of amides is 1. The number of ether oxygens (including phenoxy) is 2. The summed E-state index contributed by atoms with van der Waals surface area (Å²) >= 11 is 0. The number of nitrogens with zero attached hydrogens (tertiary/aromatic N) is 1. The van der Waals surface area contributed by atoms with Crippen molar-refractivity contribution in [2.24, 2.45) is 0 Å². The zero-order valence-electron chi connectivity index (χ0n) is 16.8. The van der Waals surface area contributed by atoms with E-state index in [-0.39, 0.29) is 5.91 Å². The molecule has 150 valence electrons. The molecular weight excluding hydrogens is 340 g/mol. The lowest BCUT2D eigenvalue weighted by Gasteiger charge is -2.19. The molecule has 1 saturated heterocycles. The Morgan fingerprint density at radius 1 is 1.19 bits per heavy atom. The minimum Gasteiger partial charge on any atom is -0.493 e. The van der Waals surface area contributed by atoms with E-state index in [9.17, 15) is 4.79 Å². The highest BCUT2D eigenvalue weighted by Gasteiger charge is 2.08. The fraction of sp³-hybridized carbons (Fsp3) is 0.591. The van der Waals surface area contributed by atoms with E-state index in [1.165, 1.54) is 38.8 Å². The van der Waals surface area contributed by atoms with Crippen LogP contribution in [0.2, 0.25) is 0 Å². The smallest absolute Gasteiger partial charge is 0.243 e. The number of carbonyl (C=O) groups excluding carboxylic acids is 1. The molecule has 0 atom stereocenters. The van der Waals surface area contributed by atoms with Crippen molar-refractivity contribution < 1.29 is 14.3 Å². The molecule has 5 heteroatoms. The summed E-state index contributed by atoms with van der Waals surface area (Å²) in [6.07, 6.45) is 10.6. The van der Waals surface area contributed by atoms with Crippen molar-refractivity contribution in [3.8, 4) is 11.5 Å². The van der Waals surface area contributed by atoms with Crippen LogP contribution in [0.1, 0.15) is 51.0 Å². The maximum absolute atomic E-state index is 12.0. The van der Waals surface area contributed by atoms with Crippen molar-refractivity contribution in [3.63, 3.8) is 0 Å². The Morgan fingerprint density at radius 3 is 2.67 bits per heavy atom. The van der Waals surface area contributed by atoms with Crippen LogP contribution in [0.3, 0.4) is 0 Å². The van der Waals surface area contributed by atoms with Gasteiger partial charge in [0.25, 0.3) is 0 Å². The van der Waals surface area contributed by atoms with E-state index in [1.807, 2.05) is 18.2 Å². The van der Waals surface area contributed by atoms with Crippen LogP contribution < -0.4 is 14.8 Å². The largest absolute Gasteiger partial charge is 0.493 e. The van der Waals surface area contributed by atoms with Crippen LogP contribution in [0, 0.1) is 0 Å². The molecule has 0 radical (unpaired) electrons. The molecule has 0 spiro atoms. The van der Waals surface area contributed by atoms with E-state index < -0.39 is 0 Å². The van der Waals surface area contributed by atoms with E-state index in [0.29, 0.717) is 18.9 Å². The van der Waals surface area contributed by atoms with Gasteiger partial charge in [-0.2, -0.15) is 0 Å². The number of nitrogens with one attached hydrogen (secondary N) is 1. The first-order valence-electron chi connectivity index (χ1n) is 10.2. The zero-order valence-corrected chi connectivity index (χ0v) is 16.8. The second-order valence-electron chi connectivity index (χ2n) is 6.99. The van der Waals surface area contributed by atoms with Crippen molar-refractivity contribution in [1.82, 2.24) is 10.2 Å². The van der Waals surface area contributed by atoms with Crippen molar-refractivity contribution in [2.75, 3.05) is 39.9 Å². The molecule has 0 aromatic heterocycles. The maximum Gasteiger partial charge on any atom is 0.243 e. The minimum atomic E-state index is -0.0591. The molecular formula is C22H34N2O3. The fourth-order valence-corrected chi connectivity index (χ4v) is 3.22. The molecule has 1 aromatic rings. The minimum absolute atomic E-state index is 0.0591. The lowest BCUT2D eigenvalue weighted by Crippen LogP contribution is -2.30. The highest BCUT2D eigenvalue weighted by atomic mass is 16.5. The first-order valence-corrected chi connectivity index (χ1v) is 10.2. The van der Waals surface area contributed by atoms with Gasteiger partial charge in [-0.15, -0.1) is 0 Å². The number of methoxy groups -OCH3 is 1. The fourth-order valence-electron chi connectivity index (χ4n) is 3.22. The number of benzene rings is 1. The van der Waals surface area contributed by atoms with E-state index in [0.717, 1.165) is 30.7 Å². The molecule has 0 bridgehead atoms. The lowest BCUT2D eigenvalue weighted by atomic mass is 10.2. The van der Waals surface area contributed by atoms with Crippen LogP contribution in [0.5, 0.6) is 11.5 Å². The topological polar surface area (TPSA) is 50.8 Å². The molecule has 27 heavy (non-hydrogen) atoms. The number of carbonyl (C=O) groups is 1. The van der Waals surface area contributed by atoms with Gasteiger partial charge in [-0.25, -0.2) is 0 Å². The van der Waals surface area contributed by atoms with Crippen LogP contribution in [0.15, 0.2) is 24.3 Å². The van der Waals surface area contributed by atoms with Crippen molar-refractivity contribution in [1.29, 1.82) is 0 Å². The molecule has 1 heterocycles. The molecule has 0 saturated carbocycles. The summed E-state index contributed by atoms with van der Waals surface area (Å²) in [6, 6.07) is 5.69. The van der Waals surface area contributed by atoms with Gasteiger partial charge in [0.05, 0.1) is 13.7 Å². The number of likely N-dealkylation sites (tertiary alicyclic amines) is 1. The normalized spacial score (nSPS) is 15.5. The Labute approximate surface area is 163 Å². The van der Waals surface area contributed by atoms with E-state index in [1.54, 1.807) is 19.3 Å². The summed E-state index contributed by atoms with van der Waals surface area (Å²) in [5.74, 6) is 1.36. The van der Waals surface area contributed by atoms with E-state index in [2.05, 4.69) is 17.1 Å². The van der Waals surface area contributed by atoms with Crippen molar-refractivity contribution in [2.45, 2.75) is 45.4 Å². The van der Waals surface area contributed by atoms with Gasteiger partial charge in [0.1, 0.15) is 0 Å². The number of hydrogen-bond donors (Lipinski definition) is 1. The molecule has 1 N–H and O–H groups in total. The second kappa shape index (κ2) is 12.4. The SMILES string of the molecule is CCCOc1ccc(C=CC(=O)NCCCN2CCCCCC2)cc1OC. The number of rotatable bonds is 10. The van der Waals surface area contributed by atoms with Gasteiger partial charge in [0.15, 0.2) is 11.5 Å². The standard InChI is InChI=1S/C22H34N2O3/c1-3-17-27-20-11-9-19(18-21(20)26-2)10-12-22(25)23-13-8-16-24-14-6-4-5-7-15-24/h9-12,18H,3-8,13-17H2,1-2H3,(H,23,25). The quantitative estimate of drug-likeness (QED) is 0.499. The summed E-state index contributed by atoms with van der Waals surface area (Å²) in [5.41, 5.74) is 0.912. The first-order chi connectivity index (χ1) is 13.2. The second-order valence-corrected chi connectivity index (χ2v) is 6.99. The van der Waals surface area contributed by atoms with Gasteiger partial charge >= 0.3 is 0 Å². The van der Waals surface area contributed by atoms with Crippen LogP contribution in [0.25, 0.3) is 6.08 Å². The van der Waals surface area contributed by atoms with Crippen LogP contribution in [0.4, 0.5) is 0 Å². The molecule has 0 unspecified atom stereocenters. The Morgan fingerprint density at radius 2 is 1.96 bits per heavy atom. The molecule has 1 aliphatic rings. The molecule has 2 rings (SSSR count). The Hall–Kier alpha value is -2.01. The average Bonchev–Trinajstić information content (AvgIpc) is 2.97. The van der Waals surface area contributed by atoms with Crippen molar-refractivity contribution >= 4 is 12.0 Å². The van der Waals surface area contributed by atoms with E-state index in [4.69, 9.17) is 9.47 Å². The summed E-state index contributed by atoms with van der Waals surface area (Å²) in [7, 11) is 1.62. The lowest BCUT2D eigenvalue weighted by molar-refractivity contribution is -0.116. The molecule has 1 fully saturated rings. The molecule has 1 amide bonds. The van der Waals surface area contributed by atoms with Crippen LogP contribution in [-0.2, 0) is 4.79 Å². The third kappa shape index (κ3) is 8.04. The van der Waals surface area contributed by atoms with Crippen molar-refractivity contribution in [3.05, 3.63) is 29.8 Å². The monoisotopic (exact) mass is 374 g/mol. The highest BCUT2D eigenvalue weighted by Crippen LogP contribution is 2.28. The zero-order chi connectivity index (χ0) is 19.3. The predicted octanol–water partition coefficient (Wildman–Crippen LogP) is 3.88.